The third kappa shape index (κ3) is 8.05. The fraction of sp³-hybridized carbons (Fsp3) is 0.909. The van der Waals surface area contributed by atoms with Gasteiger partial charge in [-0.05, 0) is 33.1 Å². The van der Waals surface area contributed by atoms with Crippen molar-refractivity contribution in [1.82, 2.24) is 5.32 Å². The van der Waals surface area contributed by atoms with Gasteiger partial charge in [-0.1, -0.05) is 13.3 Å². The lowest BCUT2D eigenvalue weighted by Gasteiger charge is -2.12. The van der Waals surface area contributed by atoms with Crippen molar-refractivity contribution in [2.45, 2.75) is 65.0 Å². The lowest BCUT2D eigenvalue weighted by atomic mass is 10.1. The van der Waals surface area contributed by atoms with Crippen molar-refractivity contribution >= 4 is 5.91 Å². The van der Waals surface area contributed by atoms with E-state index in [9.17, 15) is 4.79 Å². The van der Waals surface area contributed by atoms with Crippen LogP contribution in [0.15, 0.2) is 0 Å². The zero-order valence-electron chi connectivity index (χ0n) is 9.68. The second-order valence-electron chi connectivity index (χ2n) is 4.13. The smallest absolute Gasteiger partial charge is 0.220 e. The quantitative estimate of drug-likeness (QED) is 0.658. The number of hydrogen-bond acceptors (Lipinski definition) is 2. The molecule has 0 bridgehead atoms. The van der Waals surface area contributed by atoms with E-state index in [-0.39, 0.29) is 11.9 Å². The van der Waals surface area contributed by atoms with E-state index in [1.807, 2.05) is 13.8 Å². The summed E-state index contributed by atoms with van der Waals surface area (Å²) in [4.78, 5) is 11.4. The molecule has 0 rings (SSSR count). The number of carbonyl (C=O) groups excluding carboxylic acids is 1. The highest BCUT2D eigenvalue weighted by Gasteiger charge is 2.06. The molecule has 0 heterocycles. The molecular weight excluding hydrogens is 176 g/mol. The Kier molecular flexibility index (Phi) is 7.48. The molecule has 2 atom stereocenters. The van der Waals surface area contributed by atoms with Crippen molar-refractivity contribution in [3.8, 4) is 0 Å². The number of carbonyl (C=O) groups is 1. The van der Waals surface area contributed by atoms with Gasteiger partial charge in [0.1, 0.15) is 0 Å². The SMILES string of the molecule is CCCC(C)NC(=O)CCCC(C)N. The molecule has 14 heavy (non-hydrogen) atoms. The Hall–Kier alpha value is -0.570. The third-order valence-electron chi connectivity index (χ3n) is 2.19. The molecule has 2 unspecified atom stereocenters. The minimum absolute atomic E-state index is 0.159. The van der Waals surface area contributed by atoms with Crippen LogP contribution in [0.25, 0.3) is 0 Å². The normalized spacial score (nSPS) is 14.9. The maximum absolute atomic E-state index is 11.4. The molecular formula is C11H24N2O. The van der Waals surface area contributed by atoms with Gasteiger partial charge in [0.15, 0.2) is 0 Å². The first kappa shape index (κ1) is 13.4. The van der Waals surface area contributed by atoms with E-state index in [2.05, 4.69) is 12.2 Å². The molecule has 0 aliphatic carbocycles. The van der Waals surface area contributed by atoms with Gasteiger partial charge in [-0.3, -0.25) is 4.79 Å². The molecule has 0 aromatic rings. The van der Waals surface area contributed by atoms with E-state index in [0.717, 1.165) is 25.7 Å². The first-order valence-corrected chi connectivity index (χ1v) is 5.61. The van der Waals surface area contributed by atoms with Crippen molar-refractivity contribution in [2.24, 2.45) is 5.73 Å². The molecule has 1 amide bonds. The molecule has 3 nitrogen and oxygen atoms in total. The first-order valence-electron chi connectivity index (χ1n) is 5.61. The highest BCUT2D eigenvalue weighted by molar-refractivity contribution is 5.76. The lowest BCUT2D eigenvalue weighted by Crippen LogP contribution is -2.32. The fourth-order valence-electron chi connectivity index (χ4n) is 1.44. The molecule has 0 radical (unpaired) electrons. The molecule has 0 saturated heterocycles. The topological polar surface area (TPSA) is 55.1 Å². The highest BCUT2D eigenvalue weighted by Crippen LogP contribution is 2.00. The van der Waals surface area contributed by atoms with Gasteiger partial charge in [0.2, 0.25) is 5.91 Å². The number of nitrogens with one attached hydrogen (secondary N) is 1. The number of amides is 1. The van der Waals surface area contributed by atoms with Crippen molar-refractivity contribution in [3.05, 3.63) is 0 Å². The largest absolute Gasteiger partial charge is 0.354 e. The van der Waals surface area contributed by atoms with E-state index in [4.69, 9.17) is 5.73 Å². The van der Waals surface area contributed by atoms with Gasteiger partial charge in [0, 0.05) is 18.5 Å². The van der Waals surface area contributed by atoms with Crippen LogP contribution in [0.5, 0.6) is 0 Å². The summed E-state index contributed by atoms with van der Waals surface area (Å²) in [5.41, 5.74) is 5.60. The van der Waals surface area contributed by atoms with Crippen LogP contribution in [-0.2, 0) is 4.79 Å². The average molecular weight is 200 g/mol. The molecule has 0 saturated carbocycles. The van der Waals surface area contributed by atoms with E-state index in [0.29, 0.717) is 12.5 Å². The van der Waals surface area contributed by atoms with Gasteiger partial charge in [-0.2, -0.15) is 0 Å². The summed E-state index contributed by atoms with van der Waals surface area (Å²) < 4.78 is 0. The van der Waals surface area contributed by atoms with Crippen molar-refractivity contribution in [2.75, 3.05) is 0 Å². The number of hydrogen-bond donors (Lipinski definition) is 2. The molecule has 0 aromatic carbocycles. The van der Waals surface area contributed by atoms with Gasteiger partial charge in [-0.25, -0.2) is 0 Å². The number of nitrogens with two attached hydrogens (primary N) is 1. The molecule has 0 fully saturated rings. The van der Waals surface area contributed by atoms with Crippen LogP contribution in [0.1, 0.15) is 52.9 Å². The minimum Gasteiger partial charge on any atom is -0.354 e. The summed E-state index contributed by atoms with van der Waals surface area (Å²) in [5.74, 6) is 0.159. The molecule has 0 spiro atoms. The Morgan fingerprint density at radius 2 is 2.00 bits per heavy atom. The second kappa shape index (κ2) is 7.80. The zero-order valence-corrected chi connectivity index (χ0v) is 9.68. The zero-order chi connectivity index (χ0) is 11.0. The first-order chi connectivity index (χ1) is 6.56. The van der Waals surface area contributed by atoms with E-state index in [1.165, 1.54) is 0 Å². The highest BCUT2D eigenvalue weighted by atomic mass is 16.1. The third-order valence-corrected chi connectivity index (χ3v) is 2.19. The predicted molar refractivity (Wildman–Crippen MR) is 60.0 cm³/mol. The van der Waals surface area contributed by atoms with Gasteiger partial charge in [-0.15, -0.1) is 0 Å². The predicted octanol–water partition coefficient (Wildman–Crippen LogP) is 1.81. The maximum Gasteiger partial charge on any atom is 0.220 e. The maximum atomic E-state index is 11.4. The van der Waals surface area contributed by atoms with Crippen LogP contribution in [0, 0.1) is 0 Å². The Balaban J connectivity index is 3.45. The molecule has 84 valence electrons. The standard InChI is InChI=1S/C11H24N2O/c1-4-6-10(3)13-11(14)8-5-7-9(2)12/h9-10H,4-8,12H2,1-3H3,(H,13,14). The summed E-state index contributed by atoms with van der Waals surface area (Å²) >= 11 is 0. The van der Waals surface area contributed by atoms with E-state index < -0.39 is 0 Å². The molecule has 3 heteroatoms. The summed E-state index contributed by atoms with van der Waals surface area (Å²) in [7, 11) is 0. The van der Waals surface area contributed by atoms with Crippen LogP contribution in [0.3, 0.4) is 0 Å². The number of rotatable bonds is 7. The Morgan fingerprint density at radius 3 is 2.50 bits per heavy atom. The van der Waals surface area contributed by atoms with Crippen LogP contribution < -0.4 is 11.1 Å². The van der Waals surface area contributed by atoms with Crippen LogP contribution >= 0.6 is 0 Å². The van der Waals surface area contributed by atoms with Crippen molar-refractivity contribution in [1.29, 1.82) is 0 Å². The fourth-order valence-corrected chi connectivity index (χ4v) is 1.44. The van der Waals surface area contributed by atoms with Crippen LogP contribution in [0.4, 0.5) is 0 Å². The Morgan fingerprint density at radius 1 is 1.36 bits per heavy atom. The summed E-state index contributed by atoms with van der Waals surface area (Å²) in [6.45, 7) is 6.14. The lowest BCUT2D eigenvalue weighted by molar-refractivity contribution is -0.121. The monoisotopic (exact) mass is 200 g/mol. The minimum atomic E-state index is 0.159. The van der Waals surface area contributed by atoms with Gasteiger partial charge < -0.3 is 11.1 Å². The average Bonchev–Trinajstić information content (AvgIpc) is 2.03. The summed E-state index contributed by atoms with van der Waals surface area (Å²) in [6.07, 6.45) is 4.59. The Labute approximate surface area is 87.4 Å². The van der Waals surface area contributed by atoms with Gasteiger partial charge in [0.05, 0.1) is 0 Å². The van der Waals surface area contributed by atoms with Gasteiger partial charge in [0.25, 0.3) is 0 Å². The molecule has 0 aromatic heterocycles. The van der Waals surface area contributed by atoms with E-state index in [1.54, 1.807) is 0 Å². The molecule has 0 aliphatic heterocycles. The summed E-state index contributed by atoms with van der Waals surface area (Å²) in [5, 5.41) is 2.97. The second-order valence-corrected chi connectivity index (χ2v) is 4.13. The molecule has 3 N–H and O–H groups in total. The summed E-state index contributed by atoms with van der Waals surface area (Å²) in [6, 6.07) is 0.513. The molecule has 0 aliphatic rings. The van der Waals surface area contributed by atoms with E-state index >= 15 is 0 Å². The van der Waals surface area contributed by atoms with Gasteiger partial charge >= 0.3 is 0 Å². The van der Waals surface area contributed by atoms with Crippen LogP contribution in [-0.4, -0.2) is 18.0 Å². The van der Waals surface area contributed by atoms with Crippen molar-refractivity contribution < 1.29 is 4.79 Å². The van der Waals surface area contributed by atoms with Crippen molar-refractivity contribution in [3.63, 3.8) is 0 Å². The Bertz CT molecular complexity index is 157. The van der Waals surface area contributed by atoms with Crippen LogP contribution in [0.2, 0.25) is 0 Å².